The minimum Gasteiger partial charge on any atom is -0.513 e. The van der Waals surface area contributed by atoms with E-state index in [2.05, 4.69) is 62.5 Å². The number of nitrogens with zero attached hydrogens (tertiary/aromatic N) is 1. The van der Waals surface area contributed by atoms with Crippen LogP contribution in [0.15, 0.2) is 60.9 Å². The first-order chi connectivity index (χ1) is 12.3. The second-order valence-corrected chi connectivity index (χ2v) is 8.78. The van der Waals surface area contributed by atoms with E-state index in [0.717, 1.165) is 15.1 Å². The van der Waals surface area contributed by atoms with Gasteiger partial charge >= 0.3 is 0 Å². The van der Waals surface area contributed by atoms with Crippen molar-refractivity contribution in [1.82, 2.24) is 4.98 Å². The summed E-state index contributed by atoms with van der Waals surface area (Å²) < 4.78 is 3.81. The zero-order valence-corrected chi connectivity index (χ0v) is 15.7. The van der Waals surface area contributed by atoms with Gasteiger partial charge in [0.15, 0.2) is 0 Å². The Kier molecular flexibility index (Phi) is 3.57. The first-order valence-corrected chi connectivity index (χ1v) is 9.94. The molecule has 0 spiro atoms. The van der Waals surface area contributed by atoms with E-state index in [9.17, 15) is 0 Å². The average Bonchev–Trinajstić information content (AvgIpc) is 3.22. The molecule has 0 bridgehead atoms. The van der Waals surface area contributed by atoms with Gasteiger partial charge in [0.05, 0.1) is 4.88 Å². The van der Waals surface area contributed by atoms with Crippen LogP contribution in [0.25, 0.3) is 30.9 Å². The van der Waals surface area contributed by atoms with Crippen LogP contribution >= 0.6 is 31.9 Å². The summed E-state index contributed by atoms with van der Waals surface area (Å²) >= 11 is 3.55. The molecule has 0 amide bonds. The fraction of sp³-hybridized carbons (Fsp3) is 0. The van der Waals surface area contributed by atoms with Crippen LogP contribution in [0.5, 0.6) is 0 Å². The average molecular weight is 372 g/mol. The van der Waals surface area contributed by atoms with Crippen LogP contribution in [0.2, 0.25) is 0 Å². The summed E-state index contributed by atoms with van der Waals surface area (Å²) in [5.74, 6) is 6.51. The third-order valence-corrected chi connectivity index (χ3v) is 6.72. The number of hydrogen-bond acceptors (Lipinski definition) is 3. The quantitative estimate of drug-likeness (QED) is 0.246. The molecule has 118 valence electrons. The maximum atomic E-state index is 4.03. The van der Waals surface area contributed by atoms with Crippen LogP contribution in [0, 0.1) is 11.8 Å². The highest BCUT2D eigenvalue weighted by molar-refractivity contribution is 7.46. The Hall–Kier alpha value is -2.24. The van der Waals surface area contributed by atoms with Crippen LogP contribution < -0.4 is 4.62 Å². The Balaban J connectivity index is 1.70. The summed E-state index contributed by atoms with van der Waals surface area (Å²) in [6, 6.07) is 17.1. The number of fused-ring (bicyclic) bond motifs is 5. The van der Waals surface area contributed by atoms with E-state index in [1.807, 2.05) is 12.1 Å². The maximum Gasteiger partial charge on any atom is 0.0785 e. The Morgan fingerprint density at radius 1 is 0.760 bits per heavy atom. The van der Waals surface area contributed by atoms with E-state index in [4.69, 9.17) is 0 Å². The molecule has 0 unspecified atom stereocenters. The molecule has 2 aromatic carbocycles. The summed E-state index contributed by atoms with van der Waals surface area (Å²) in [7, 11) is 3.66. The fourth-order valence-electron chi connectivity index (χ4n) is 3.03. The normalized spacial score (nSPS) is 11.1. The summed E-state index contributed by atoms with van der Waals surface area (Å²) in [6.45, 7) is 0. The van der Waals surface area contributed by atoms with Crippen molar-refractivity contribution in [2.75, 3.05) is 0 Å². The summed E-state index contributed by atoms with van der Waals surface area (Å²) in [4.78, 5) is 5.12. The van der Waals surface area contributed by atoms with Crippen LogP contribution in [-0.4, -0.2) is 4.98 Å². The Morgan fingerprint density at radius 2 is 1.44 bits per heavy atom. The Morgan fingerprint density at radius 3 is 2.20 bits per heavy atom. The number of benzene rings is 2. The second-order valence-electron chi connectivity index (χ2n) is 5.77. The highest BCUT2D eigenvalue weighted by atomic mass is 32.1. The Bertz CT molecular complexity index is 1300. The van der Waals surface area contributed by atoms with Crippen molar-refractivity contribution < 1.29 is 0 Å². The lowest BCUT2D eigenvalue weighted by molar-refractivity contribution is 1.32. The number of rotatable bonds is 0. The van der Waals surface area contributed by atoms with Gasteiger partial charge in [-0.15, -0.1) is 11.3 Å². The molecule has 0 N–H and O–H groups in total. The first-order valence-electron chi connectivity index (χ1n) is 7.80. The summed E-state index contributed by atoms with van der Waals surface area (Å²) in [5.41, 5.74) is 0.988. The van der Waals surface area contributed by atoms with Crippen LogP contribution in [0.4, 0.5) is 0 Å². The standard InChI is InChI=1S/C21H11NPS2/c23-19-12-15-3-6-17-18(21(15)25-19)5-2-14-11-16(24-20(14)17)4-1-13-7-9-22-10-8-13/h2-3,5-12,23H/q-1. The van der Waals surface area contributed by atoms with E-state index in [0.29, 0.717) is 0 Å². The van der Waals surface area contributed by atoms with Gasteiger partial charge in [0.1, 0.15) is 0 Å². The van der Waals surface area contributed by atoms with E-state index in [1.165, 1.54) is 30.9 Å². The van der Waals surface area contributed by atoms with Gasteiger partial charge < -0.3 is 9.24 Å². The lowest BCUT2D eigenvalue weighted by Gasteiger charge is -2.01. The first kappa shape index (κ1) is 15.0. The second kappa shape index (κ2) is 5.93. The zero-order valence-electron chi connectivity index (χ0n) is 13.0. The minimum absolute atomic E-state index is 0.988. The van der Waals surface area contributed by atoms with E-state index in [-0.39, 0.29) is 0 Å². The minimum atomic E-state index is 0.988. The third kappa shape index (κ3) is 2.64. The van der Waals surface area contributed by atoms with Gasteiger partial charge in [0.25, 0.3) is 0 Å². The van der Waals surface area contributed by atoms with Crippen molar-refractivity contribution in [3.8, 4) is 11.8 Å². The Labute approximate surface area is 155 Å². The number of hydrogen-bond donors (Lipinski definition) is 0. The lowest BCUT2D eigenvalue weighted by Crippen LogP contribution is -1.73. The summed E-state index contributed by atoms with van der Waals surface area (Å²) in [5, 5.41) is 5.16. The molecule has 0 radical (unpaired) electrons. The van der Waals surface area contributed by atoms with Crippen molar-refractivity contribution in [2.24, 2.45) is 0 Å². The molecule has 5 rings (SSSR count). The van der Waals surface area contributed by atoms with Gasteiger partial charge in [-0.25, -0.2) is 0 Å². The molecule has 0 aliphatic rings. The molecular formula is C21H11NPS2-. The van der Waals surface area contributed by atoms with Gasteiger partial charge in [-0.05, 0) is 29.0 Å². The van der Waals surface area contributed by atoms with Gasteiger partial charge in [-0.1, -0.05) is 42.2 Å². The van der Waals surface area contributed by atoms with Crippen LogP contribution in [0.3, 0.4) is 0 Å². The molecule has 0 saturated carbocycles. The molecule has 0 atom stereocenters. The molecule has 0 aliphatic heterocycles. The SMILES string of the molecule is [PH-]c1cc2ccc3c(ccc4cc(C#Cc5ccncc5)sc43)c2s1. The summed E-state index contributed by atoms with van der Waals surface area (Å²) in [6.07, 6.45) is 3.54. The third-order valence-electron chi connectivity index (χ3n) is 4.17. The molecular weight excluding hydrogens is 361 g/mol. The van der Waals surface area contributed by atoms with Crippen molar-refractivity contribution in [1.29, 1.82) is 0 Å². The molecule has 1 nitrogen and oxygen atoms in total. The van der Waals surface area contributed by atoms with Crippen molar-refractivity contribution in [3.63, 3.8) is 0 Å². The fourth-order valence-corrected chi connectivity index (χ4v) is 5.47. The molecule has 3 heterocycles. The van der Waals surface area contributed by atoms with Gasteiger partial charge in [-0.2, -0.15) is 16.0 Å². The highest BCUT2D eigenvalue weighted by Crippen LogP contribution is 2.37. The van der Waals surface area contributed by atoms with E-state index >= 15 is 0 Å². The highest BCUT2D eigenvalue weighted by Gasteiger charge is 2.08. The zero-order chi connectivity index (χ0) is 16.8. The molecule has 0 aliphatic carbocycles. The lowest BCUT2D eigenvalue weighted by atomic mass is 10.1. The van der Waals surface area contributed by atoms with Gasteiger partial charge in [0, 0.05) is 38.1 Å². The molecule has 0 fully saturated rings. The molecule has 0 saturated heterocycles. The largest absolute Gasteiger partial charge is 0.513 e. The van der Waals surface area contributed by atoms with Crippen molar-refractivity contribution >= 4 is 67.5 Å². The maximum absolute atomic E-state index is 4.03. The monoisotopic (exact) mass is 372 g/mol. The topological polar surface area (TPSA) is 12.9 Å². The van der Waals surface area contributed by atoms with Crippen molar-refractivity contribution in [2.45, 2.75) is 0 Å². The predicted octanol–water partition coefficient (Wildman–Crippen LogP) is 5.83. The molecule has 25 heavy (non-hydrogen) atoms. The smallest absolute Gasteiger partial charge is 0.0785 e. The number of thiophene rings is 2. The van der Waals surface area contributed by atoms with Crippen molar-refractivity contribution in [3.05, 3.63) is 71.4 Å². The van der Waals surface area contributed by atoms with Crippen LogP contribution in [-0.2, 0) is 0 Å². The molecule has 4 heteroatoms. The predicted molar refractivity (Wildman–Crippen MR) is 113 cm³/mol. The molecule has 3 aromatic heterocycles. The van der Waals surface area contributed by atoms with Gasteiger partial charge in [-0.3, -0.25) is 4.98 Å². The van der Waals surface area contributed by atoms with E-state index < -0.39 is 0 Å². The molecule has 5 aromatic rings. The number of pyridine rings is 1. The van der Waals surface area contributed by atoms with Gasteiger partial charge in [0.2, 0.25) is 0 Å². The van der Waals surface area contributed by atoms with Crippen LogP contribution in [0.1, 0.15) is 10.4 Å². The van der Waals surface area contributed by atoms with E-state index in [1.54, 1.807) is 35.1 Å². The number of aromatic nitrogens is 1.